The third-order valence-electron chi connectivity index (χ3n) is 7.87. The number of ether oxygens (including phenoxy) is 2. The van der Waals surface area contributed by atoms with E-state index in [2.05, 4.69) is 34.0 Å². The van der Waals surface area contributed by atoms with Crippen molar-refractivity contribution in [3.63, 3.8) is 0 Å². The van der Waals surface area contributed by atoms with Crippen molar-refractivity contribution in [1.29, 1.82) is 0 Å². The highest BCUT2D eigenvalue weighted by Gasteiger charge is 2.26. The van der Waals surface area contributed by atoms with E-state index >= 15 is 0 Å². The van der Waals surface area contributed by atoms with Crippen LogP contribution in [-0.2, 0) is 37.4 Å². The molecule has 2 aliphatic rings. The first-order chi connectivity index (χ1) is 21.3. The quantitative estimate of drug-likeness (QED) is 0.236. The number of imidazole rings is 1. The zero-order valence-corrected chi connectivity index (χ0v) is 23.9. The Morgan fingerprint density at radius 1 is 1.18 bits per heavy atom. The average molecular weight is 620 g/mol. The Morgan fingerprint density at radius 2 is 2.00 bits per heavy atom. The Labute approximate surface area is 253 Å². The molecule has 1 fully saturated rings. The summed E-state index contributed by atoms with van der Waals surface area (Å²) in [6.45, 7) is 10.2. The molecule has 0 bridgehead atoms. The summed E-state index contributed by atoms with van der Waals surface area (Å²) in [5, 5.41) is 3.73. The number of hydrogen-bond donors (Lipinski definition) is 1. The van der Waals surface area contributed by atoms with Crippen molar-refractivity contribution in [2.24, 2.45) is 0 Å². The van der Waals surface area contributed by atoms with Gasteiger partial charge in [-0.05, 0) is 54.8 Å². The molecule has 5 aromatic rings. The van der Waals surface area contributed by atoms with E-state index in [1.54, 1.807) is 6.07 Å². The van der Waals surface area contributed by atoms with E-state index in [1.165, 1.54) is 0 Å². The van der Waals surface area contributed by atoms with Gasteiger partial charge in [0, 0.05) is 30.3 Å². The Morgan fingerprint density at radius 3 is 2.70 bits per heavy atom. The molecule has 0 amide bonds. The van der Waals surface area contributed by atoms with Crippen LogP contribution in [0.3, 0.4) is 0 Å². The molecule has 0 spiro atoms. The van der Waals surface area contributed by atoms with Crippen LogP contribution in [0.4, 0.5) is 14.5 Å². The van der Waals surface area contributed by atoms with Crippen molar-refractivity contribution in [2.75, 3.05) is 13.2 Å². The Bertz CT molecular complexity index is 1970. The lowest BCUT2D eigenvalue weighted by molar-refractivity contribution is -0.0592. The van der Waals surface area contributed by atoms with Crippen LogP contribution in [0, 0.1) is 18.2 Å². The van der Waals surface area contributed by atoms with Crippen LogP contribution in [-0.4, -0.2) is 48.8 Å². The number of nitrogens with zero attached hydrogens (tertiary/aromatic N) is 6. The van der Waals surface area contributed by atoms with Crippen LogP contribution in [0.1, 0.15) is 29.1 Å². The third kappa shape index (κ3) is 5.43. The van der Waals surface area contributed by atoms with E-state index in [9.17, 15) is 13.6 Å². The summed E-state index contributed by atoms with van der Waals surface area (Å²) in [6, 6.07) is 9.42. The maximum Gasteiger partial charge on any atom is 0.439 e. The van der Waals surface area contributed by atoms with Crippen LogP contribution in [0.5, 0.6) is 5.88 Å². The lowest BCUT2D eigenvalue weighted by Gasteiger charge is -2.30. The van der Waals surface area contributed by atoms with Gasteiger partial charge in [-0.2, -0.15) is 0 Å². The van der Waals surface area contributed by atoms with E-state index in [-0.39, 0.29) is 28.3 Å². The maximum atomic E-state index is 14.3. The predicted octanol–water partition coefficient (Wildman–Crippen LogP) is 5.18. The van der Waals surface area contributed by atoms with Gasteiger partial charge in [-0.1, -0.05) is 16.8 Å². The zero-order chi connectivity index (χ0) is 30.4. The van der Waals surface area contributed by atoms with Gasteiger partial charge >= 0.3 is 5.76 Å². The highest BCUT2D eigenvalue weighted by molar-refractivity contribution is 6.30. The van der Waals surface area contributed by atoms with Crippen molar-refractivity contribution in [2.45, 2.75) is 45.2 Å². The molecule has 0 saturated carbocycles. The van der Waals surface area contributed by atoms with Gasteiger partial charge in [0.2, 0.25) is 11.6 Å². The second kappa shape index (κ2) is 11.5. The van der Waals surface area contributed by atoms with Gasteiger partial charge in [-0.3, -0.25) is 14.4 Å². The summed E-state index contributed by atoms with van der Waals surface area (Å²) in [7, 11) is 0. The van der Waals surface area contributed by atoms with Gasteiger partial charge in [-0.25, -0.2) is 28.4 Å². The summed E-state index contributed by atoms with van der Waals surface area (Å²) in [6.07, 6.45) is 1.72. The first-order valence-corrected chi connectivity index (χ1v) is 14.3. The molecule has 11 nitrogen and oxygen atoms in total. The largest absolute Gasteiger partial charge is 0.481 e. The lowest BCUT2D eigenvalue weighted by atomic mass is 10.0. The predicted molar refractivity (Wildman–Crippen MR) is 154 cm³/mol. The molecule has 0 aliphatic carbocycles. The van der Waals surface area contributed by atoms with Gasteiger partial charge < -0.3 is 14.0 Å². The number of aromatic amines is 1. The lowest BCUT2D eigenvalue weighted by Crippen LogP contribution is -2.34. The first-order valence-electron chi connectivity index (χ1n) is 13.9. The normalized spacial score (nSPS) is 16.5. The summed E-state index contributed by atoms with van der Waals surface area (Å²) in [4.78, 5) is 29.3. The Balaban J connectivity index is 1.15. The average Bonchev–Trinajstić information content (AvgIpc) is 3.56. The summed E-state index contributed by atoms with van der Waals surface area (Å²) in [5.41, 5.74) is 3.88. The van der Waals surface area contributed by atoms with Crippen molar-refractivity contribution in [3.05, 3.63) is 97.7 Å². The van der Waals surface area contributed by atoms with E-state index < -0.39 is 24.0 Å². The molecule has 2 aliphatic heterocycles. The van der Waals surface area contributed by atoms with Gasteiger partial charge in [-0.15, -0.1) is 0 Å². The molecular formula is C30H24ClF2N7O4. The number of benzene rings is 2. The molecule has 7 rings (SSSR count). The number of rotatable bonds is 8. The van der Waals surface area contributed by atoms with Crippen LogP contribution in [0.15, 0.2) is 45.7 Å². The van der Waals surface area contributed by atoms with Gasteiger partial charge in [0.05, 0.1) is 48.1 Å². The van der Waals surface area contributed by atoms with Crippen molar-refractivity contribution in [3.8, 4) is 17.3 Å². The molecule has 14 heteroatoms. The standard InChI is InChI=1S/C30H24ClF2N7O4/c1-34-24-8-16-4-6-39(13-25(16)36-29(24)43-15-20-21(32)10-18(31)11-22(20)33)14-27-35-23-9-17(28-37-30(41)44-38-28)2-3-26(23)40(27)12-19-5-7-42-19/h2-3,8-11,19H,4-7,12-15H2,(H,37,38,41)/t19-/m0/s1. The van der Waals surface area contributed by atoms with E-state index in [4.69, 9.17) is 32.6 Å². The highest BCUT2D eigenvalue weighted by atomic mass is 35.5. The van der Waals surface area contributed by atoms with Crippen LogP contribution in [0.25, 0.3) is 27.3 Å². The number of aromatic nitrogens is 5. The van der Waals surface area contributed by atoms with Crippen molar-refractivity contribution < 1.29 is 22.8 Å². The van der Waals surface area contributed by atoms with Crippen molar-refractivity contribution >= 4 is 28.3 Å². The minimum absolute atomic E-state index is 0.0159. The SMILES string of the molecule is [C-]#[N+]c1cc2c(nc1OCc1c(F)cc(Cl)cc1F)CN(Cc1nc3cc(-c4noc(=O)[nH]4)ccc3n1C[C@@H]1CCO1)CC2. The number of hydrogen-bond acceptors (Lipinski definition) is 8. The Kier molecular flexibility index (Phi) is 7.33. The fourth-order valence-corrected chi connectivity index (χ4v) is 5.69. The van der Waals surface area contributed by atoms with Gasteiger partial charge in [0.15, 0.2) is 5.82 Å². The monoisotopic (exact) mass is 619 g/mol. The van der Waals surface area contributed by atoms with Crippen LogP contribution in [0.2, 0.25) is 5.02 Å². The second-order valence-electron chi connectivity index (χ2n) is 10.7. The Hall–Kier alpha value is -4.64. The molecule has 1 N–H and O–H groups in total. The molecule has 44 heavy (non-hydrogen) atoms. The molecular weight excluding hydrogens is 596 g/mol. The fraction of sp³-hybridized carbons (Fsp3) is 0.300. The van der Waals surface area contributed by atoms with E-state index in [0.717, 1.165) is 53.3 Å². The van der Waals surface area contributed by atoms with E-state index in [1.807, 2.05) is 18.2 Å². The van der Waals surface area contributed by atoms with Crippen LogP contribution >= 0.6 is 11.6 Å². The minimum Gasteiger partial charge on any atom is -0.481 e. The van der Waals surface area contributed by atoms with E-state index in [0.29, 0.717) is 44.0 Å². The topological polar surface area (TPSA) is 116 Å². The van der Waals surface area contributed by atoms with Gasteiger partial charge in [0.25, 0.3) is 0 Å². The molecule has 2 aromatic carbocycles. The molecule has 0 unspecified atom stereocenters. The molecule has 5 heterocycles. The number of H-pyrrole nitrogens is 1. The maximum absolute atomic E-state index is 14.3. The zero-order valence-electron chi connectivity index (χ0n) is 23.1. The molecule has 1 atom stereocenters. The first kappa shape index (κ1) is 28.1. The van der Waals surface area contributed by atoms with Gasteiger partial charge in [0.1, 0.15) is 24.1 Å². The molecule has 1 saturated heterocycles. The number of pyridine rings is 1. The number of fused-ring (bicyclic) bond motifs is 2. The summed E-state index contributed by atoms with van der Waals surface area (Å²) in [5.74, 6) is -1.11. The summed E-state index contributed by atoms with van der Waals surface area (Å²) >= 11 is 5.73. The second-order valence-corrected chi connectivity index (χ2v) is 11.1. The molecule has 0 radical (unpaired) electrons. The number of nitrogens with one attached hydrogen (secondary N) is 1. The smallest absolute Gasteiger partial charge is 0.439 e. The third-order valence-corrected chi connectivity index (χ3v) is 8.09. The van der Waals surface area contributed by atoms with Crippen LogP contribution < -0.4 is 10.5 Å². The molecule has 224 valence electrons. The minimum atomic E-state index is -0.833. The highest BCUT2D eigenvalue weighted by Crippen LogP contribution is 2.33. The van der Waals surface area contributed by atoms with Crippen molar-refractivity contribution in [1.82, 2.24) is 29.6 Å². The summed E-state index contributed by atoms with van der Waals surface area (Å²) < 4.78 is 46.9. The number of halogens is 3. The molecule has 3 aromatic heterocycles. The fourth-order valence-electron chi connectivity index (χ4n) is 5.49.